The van der Waals surface area contributed by atoms with Crippen LogP contribution in [0.3, 0.4) is 0 Å². The fraction of sp³-hybridized carbons (Fsp3) is 0.323. The number of fused-ring (bicyclic) bond motifs is 3. The zero-order chi connectivity index (χ0) is 39.9. The van der Waals surface area contributed by atoms with Crippen LogP contribution in [0.5, 0.6) is 0 Å². The van der Waals surface area contributed by atoms with Gasteiger partial charge in [-0.2, -0.15) is 0 Å². The van der Waals surface area contributed by atoms with Crippen molar-refractivity contribution in [2.45, 2.75) is 55.5 Å². The molecule has 2 N–H and O–H groups in total. The lowest BCUT2D eigenvalue weighted by atomic mass is 10.1. The van der Waals surface area contributed by atoms with Gasteiger partial charge in [0.05, 0.1) is 12.9 Å². The molecule has 56 heavy (non-hydrogen) atoms. The number of thioether (sulfide) groups is 1. The lowest BCUT2D eigenvalue weighted by molar-refractivity contribution is -0.252. The van der Waals surface area contributed by atoms with Gasteiger partial charge in [-0.1, -0.05) is 85.4 Å². The van der Waals surface area contributed by atoms with E-state index in [0.29, 0.717) is 16.5 Å². The molecule has 2 saturated heterocycles. The fourth-order valence-corrected chi connectivity index (χ4v) is 12.1. The van der Waals surface area contributed by atoms with Gasteiger partial charge >= 0.3 is 0 Å². The van der Waals surface area contributed by atoms with Crippen molar-refractivity contribution in [3.8, 4) is 0 Å². The van der Waals surface area contributed by atoms with Crippen molar-refractivity contribution in [2.75, 3.05) is 18.1 Å². The average molecular weight is 870 g/mol. The Morgan fingerprint density at radius 2 is 1.50 bits per heavy atom. The summed E-state index contributed by atoms with van der Waals surface area (Å²) in [6.45, 7) is 1.05. The molecule has 300 valence electrons. The summed E-state index contributed by atoms with van der Waals surface area (Å²) in [5, 5.41) is 2.23. The summed E-state index contributed by atoms with van der Waals surface area (Å²) >= 11 is 1.37. The Morgan fingerprint density at radius 1 is 0.821 bits per heavy atom. The quantitative estimate of drug-likeness (QED) is 0.0840. The zero-order valence-corrected chi connectivity index (χ0v) is 33.3. The molecule has 2 aromatic heterocycles. The molecule has 2 aliphatic rings. The summed E-state index contributed by atoms with van der Waals surface area (Å²) in [4.78, 5) is 62.9. The molecule has 0 saturated carbocycles. The number of anilines is 1. The van der Waals surface area contributed by atoms with Gasteiger partial charge in [0.1, 0.15) is 31.4 Å². The first-order valence-corrected chi connectivity index (χ1v) is 23.7. The molecular weight excluding hydrogens is 838 g/mol. The number of rotatable bonds is 16. The van der Waals surface area contributed by atoms with Crippen LogP contribution < -0.4 is 25.3 Å². The van der Waals surface area contributed by atoms with Gasteiger partial charge < -0.3 is 48.6 Å². The van der Waals surface area contributed by atoms with Crippen molar-refractivity contribution in [1.82, 2.24) is 19.5 Å². The summed E-state index contributed by atoms with van der Waals surface area (Å²) in [6.07, 6.45) is -4.09. The number of phosphoric acid groups is 3. The van der Waals surface area contributed by atoms with E-state index in [9.17, 15) is 37.8 Å². The largest absolute Gasteiger partial charge is 0.778 e. The predicted octanol–water partition coefficient (Wildman–Crippen LogP) is 3.67. The molecule has 0 bridgehead atoms. The average Bonchev–Trinajstić information content (AvgIpc) is 3.83. The second-order valence-corrected chi connectivity index (χ2v) is 19.9. The highest BCUT2D eigenvalue weighted by atomic mass is 32.2. The number of benzene rings is 3. The third-order valence-electron chi connectivity index (χ3n) is 8.27. The van der Waals surface area contributed by atoms with E-state index in [0.717, 1.165) is 17.2 Å². The Hall–Kier alpha value is -2.90. The number of aromatic nitrogens is 4. The summed E-state index contributed by atoms with van der Waals surface area (Å²) in [7, 11) is -24.0. The first-order chi connectivity index (χ1) is 26.5. The van der Waals surface area contributed by atoms with Gasteiger partial charge in [0.15, 0.2) is 29.1 Å². The second-order valence-electron chi connectivity index (χ2n) is 12.4. The van der Waals surface area contributed by atoms with Gasteiger partial charge in [0.2, 0.25) is 0 Å². The molecule has 2 aliphatic heterocycles. The van der Waals surface area contributed by atoms with E-state index < -0.39 is 74.7 Å². The van der Waals surface area contributed by atoms with Crippen LogP contribution in [0.2, 0.25) is 0 Å². The maximum absolute atomic E-state index is 12.8. The Morgan fingerprint density at radius 3 is 2.25 bits per heavy atom. The summed E-state index contributed by atoms with van der Waals surface area (Å²) in [5.41, 5.74) is 7.46. The van der Waals surface area contributed by atoms with Crippen molar-refractivity contribution in [2.24, 2.45) is 0 Å². The van der Waals surface area contributed by atoms with Crippen LogP contribution in [0, 0.1) is 0 Å². The van der Waals surface area contributed by atoms with E-state index in [1.165, 1.54) is 46.9 Å². The molecule has 0 radical (unpaired) electrons. The number of nitrogens with two attached hydrogens (primary N) is 1. The van der Waals surface area contributed by atoms with Crippen LogP contribution >= 0.6 is 42.8 Å². The van der Waals surface area contributed by atoms with Crippen molar-refractivity contribution in [3.63, 3.8) is 0 Å². The van der Waals surface area contributed by atoms with Crippen LogP contribution in [-0.2, 0) is 56.1 Å². The molecule has 7 rings (SSSR count). The number of hydrogen-bond donors (Lipinski definition) is 1. The highest BCUT2D eigenvalue weighted by molar-refractivity contribution is 7.99. The predicted molar refractivity (Wildman–Crippen MR) is 191 cm³/mol. The molecule has 3 aromatic carbocycles. The summed E-state index contributed by atoms with van der Waals surface area (Å²) in [6, 6.07) is 20.3. The van der Waals surface area contributed by atoms with E-state index in [1.54, 1.807) is 12.1 Å². The summed E-state index contributed by atoms with van der Waals surface area (Å²) in [5.74, 6) is 0.814. The first kappa shape index (κ1) is 41.3. The van der Waals surface area contributed by atoms with Crippen LogP contribution in [0.4, 0.5) is 5.82 Å². The maximum atomic E-state index is 12.8. The number of nitrogen functional groups attached to an aromatic ring is 1. The van der Waals surface area contributed by atoms with Gasteiger partial charge in [-0.05, 0) is 28.8 Å². The molecule has 5 aromatic rings. The Kier molecular flexibility index (Phi) is 12.1. The van der Waals surface area contributed by atoms with E-state index in [-0.39, 0.29) is 22.5 Å². The minimum Gasteiger partial charge on any atom is -0.778 e. The lowest BCUT2D eigenvalue weighted by Crippen LogP contribution is -2.32. The van der Waals surface area contributed by atoms with E-state index in [1.807, 2.05) is 43.3 Å². The lowest BCUT2D eigenvalue weighted by Gasteiger charge is -2.36. The SMILES string of the molecule is CCCSc1nc(N)c2ncn([C@@H]3O[C@H](COP(=O)([O-])OP(=O)([O-])OP(=O)([O-])OP(=O)([O-])Cc4ccccc4)C4OC(c5ccc6ccccc6c5)O[C@@H]43)c2n1. The number of nitrogens with zero attached hydrogens (tertiary/aromatic N) is 4. The van der Waals surface area contributed by atoms with Crippen molar-refractivity contribution < 1.29 is 69.5 Å². The van der Waals surface area contributed by atoms with Crippen LogP contribution in [-0.4, -0.2) is 50.2 Å². The van der Waals surface area contributed by atoms with Crippen molar-refractivity contribution >= 4 is 70.6 Å². The smallest absolute Gasteiger partial charge is 0.280 e. The Labute approximate surface area is 322 Å². The van der Waals surface area contributed by atoms with E-state index in [2.05, 4.69) is 27.9 Å². The molecule has 0 spiro atoms. The molecule has 0 aliphatic carbocycles. The third kappa shape index (κ3) is 9.68. The van der Waals surface area contributed by atoms with Crippen molar-refractivity contribution in [3.05, 3.63) is 90.3 Å². The Balaban J connectivity index is 1.09. The van der Waals surface area contributed by atoms with Gasteiger partial charge in [-0.25, -0.2) is 23.6 Å². The number of ether oxygens (including phenoxy) is 3. The first-order valence-electron chi connectivity index (χ1n) is 16.6. The summed E-state index contributed by atoms with van der Waals surface area (Å²) < 4.78 is 86.5. The Bertz CT molecular complexity index is 2430. The van der Waals surface area contributed by atoms with Gasteiger partial charge in [0.25, 0.3) is 23.5 Å². The van der Waals surface area contributed by atoms with Gasteiger partial charge in [-0.3, -0.25) is 22.6 Å². The highest BCUT2D eigenvalue weighted by Gasteiger charge is 2.54. The van der Waals surface area contributed by atoms with Gasteiger partial charge in [-0.15, -0.1) is 0 Å². The van der Waals surface area contributed by atoms with Crippen molar-refractivity contribution in [1.29, 1.82) is 0 Å². The molecule has 9 atom stereocenters. The maximum Gasteiger partial charge on any atom is 0.280 e. The fourth-order valence-electron chi connectivity index (χ4n) is 6.02. The monoisotopic (exact) mass is 869 g/mol. The molecule has 2 fully saturated rings. The standard InChI is InChI=1S/C31H35N5O15P4S/c1-2-14-56-31-34-27(32)24-28(35-31)36(18-33-24)29-26-25(47-30(48-26)22-13-12-20-10-6-7-11-21(20)15-22)23(46-29)16-45-53(39,40)50-55(43,44)51-54(41,42)49-52(37,38)17-19-8-4-3-5-9-19/h3-13,15,18,23,25-26,29-30H,2,14,16-17H2,1H3,(H,37,38)(H,39,40)(H,41,42)(H,43,44)(H2,32,34,35)/p-4/t23-,25?,26+,29-,30?/m1/s1. The molecular formula is C31H31N5O15P4S-4. The number of hydrogen-bond acceptors (Lipinski definition) is 20. The molecule has 25 heteroatoms. The normalized spacial score (nSPS) is 25.3. The number of phosphoric ester groups is 1. The molecule has 4 heterocycles. The minimum atomic E-state index is -6.40. The molecule has 0 amide bonds. The zero-order valence-electron chi connectivity index (χ0n) is 28.9. The second kappa shape index (κ2) is 16.4. The number of imidazole rings is 1. The third-order valence-corrected chi connectivity index (χ3v) is 15.5. The topological polar surface area (TPSA) is 295 Å². The van der Waals surface area contributed by atoms with Crippen LogP contribution in [0.1, 0.15) is 37.0 Å². The molecule has 20 nitrogen and oxygen atoms in total. The van der Waals surface area contributed by atoms with Crippen LogP contribution in [0.15, 0.2) is 84.3 Å². The van der Waals surface area contributed by atoms with Crippen LogP contribution in [0.25, 0.3) is 21.9 Å². The molecule has 6 unspecified atom stereocenters. The van der Waals surface area contributed by atoms with E-state index >= 15 is 0 Å². The van der Waals surface area contributed by atoms with Gasteiger partial charge in [0, 0.05) is 17.5 Å². The highest BCUT2D eigenvalue weighted by Crippen LogP contribution is 2.67. The minimum absolute atomic E-state index is 0.107. The van der Waals surface area contributed by atoms with E-state index in [4.69, 9.17) is 24.5 Å².